The van der Waals surface area contributed by atoms with Gasteiger partial charge in [0.25, 0.3) is 0 Å². The predicted octanol–water partition coefficient (Wildman–Crippen LogP) is 2.66. The van der Waals surface area contributed by atoms with Gasteiger partial charge in [-0.15, -0.1) is 0 Å². The number of rotatable bonds is 6. The largest absolute Gasteiger partial charge is 0.496 e. The Hall–Kier alpha value is -2.21. The summed E-state index contributed by atoms with van der Waals surface area (Å²) < 4.78 is 5.45. The number of benzene rings is 1. The van der Waals surface area contributed by atoms with E-state index in [0.29, 0.717) is 13.0 Å². The molecule has 1 aromatic heterocycles. The van der Waals surface area contributed by atoms with Crippen LogP contribution in [0.25, 0.3) is 10.9 Å². The molecule has 1 aromatic carbocycles. The van der Waals surface area contributed by atoms with E-state index in [9.17, 15) is 9.90 Å². The van der Waals surface area contributed by atoms with E-state index in [4.69, 9.17) is 4.74 Å². The van der Waals surface area contributed by atoms with Crippen LogP contribution in [0, 0.1) is 0 Å². The van der Waals surface area contributed by atoms with Crippen molar-refractivity contribution in [2.75, 3.05) is 20.2 Å². The number of ether oxygens (including phenoxy) is 1. The zero-order valence-corrected chi connectivity index (χ0v) is 14.9. The molecule has 2 heterocycles. The number of nitrogens with one attached hydrogen (secondary N) is 2. The molecule has 136 valence electrons. The van der Waals surface area contributed by atoms with Crippen LogP contribution in [0.4, 0.5) is 4.79 Å². The van der Waals surface area contributed by atoms with E-state index >= 15 is 0 Å². The number of aromatic amines is 1. The molecule has 2 atom stereocenters. The van der Waals surface area contributed by atoms with Gasteiger partial charge in [0.05, 0.1) is 13.2 Å². The molecule has 0 spiro atoms. The van der Waals surface area contributed by atoms with E-state index < -0.39 is 0 Å². The highest BCUT2D eigenvalue weighted by atomic mass is 16.5. The zero-order valence-electron chi connectivity index (χ0n) is 14.9. The molecule has 0 radical (unpaired) electrons. The Balaban J connectivity index is 1.59. The Kier molecular flexibility index (Phi) is 5.48. The summed E-state index contributed by atoms with van der Waals surface area (Å²) in [4.78, 5) is 17.6. The van der Waals surface area contributed by atoms with E-state index in [1.807, 2.05) is 29.3 Å². The van der Waals surface area contributed by atoms with Gasteiger partial charge < -0.3 is 25.0 Å². The standard InChI is InChI=1S/C19H27N3O3/c1-13(23)11-15-5-4-10-22(15)19(24)20-9-8-14-12-21-16-6-3-7-17(25-2)18(14)16/h3,6-7,12-13,15,21,23H,4-5,8-11H2,1-2H3,(H,20,24)/t13-,15+/m0/s1. The fourth-order valence-corrected chi connectivity index (χ4v) is 3.73. The minimum absolute atomic E-state index is 0.0324. The fourth-order valence-electron chi connectivity index (χ4n) is 3.73. The molecular formula is C19H27N3O3. The fraction of sp³-hybridized carbons (Fsp3) is 0.526. The van der Waals surface area contributed by atoms with Crippen LogP contribution < -0.4 is 10.1 Å². The van der Waals surface area contributed by atoms with Crippen molar-refractivity contribution in [3.63, 3.8) is 0 Å². The average molecular weight is 345 g/mol. The van der Waals surface area contributed by atoms with Crippen molar-refractivity contribution in [2.45, 2.75) is 44.8 Å². The minimum Gasteiger partial charge on any atom is -0.496 e. The number of likely N-dealkylation sites (tertiary alicyclic amines) is 1. The molecule has 0 aliphatic carbocycles. The average Bonchev–Trinajstić information content (AvgIpc) is 3.21. The third kappa shape index (κ3) is 3.90. The molecule has 0 unspecified atom stereocenters. The zero-order chi connectivity index (χ0) is 17.8. The lowest BCUT2D eigenvalue weighted by molar-refractivity contribution is 0.138. The second-order valence-electron chi connectivity index (χ2n) is 6.75. The molecular weight excluding hydrogens is 318 g/mol. The summed E-state index contributed by atoms with van der Waals surface area (Å²) in [6, 6.07) is 6.04. The SMILES string of the molecule is COc1cccc2[nH]cc(CCNC(=O)N3CCC[C@@H]3C[C@H](C)O)c12. The van der Waals surface area contributed by atoms with E-state index in [1.54, 1.807) is 14.0 Å². The van der Waals surface area contributed by atoms with Crippen molar-refractivity contribution in [3.05, 3.63) is 30.0 Å². The van der Waals surface area contributed by atoms with Crippen LogP contribution in [0.5, 0.6) is 5.75 Å². The summed E-state index contributed by atoms with van der Waals surface area (Å²) in [6.07, 6.45) is 4.96. The first kappa shape index (κ1) is 17.6. The van der Waals surface area contributed by atoms with Crippen LogP contribution >= 0.6 is 0 Å². The van der Waals surface area contributed by atoms with E-state index in [0.717, 1.165) is 48.0 Å². The number of aliphatic hydroxyl groups excluding tert-OH is 1. The van der Waals surface area contributed by atoms with E-state index in [-0.39, 0.29) is 18.2 Å². The smallest absolute Gasteiger partial charge is 0.317 e. The summed E-state index contributed by atoms with van der Waals surface area (Å²) in [5.41, 5.74) is 2.17. The van der Waals surface area contributed by atoms with Crippen molar-refractivity contribution >= 4 is 16.9 Å². The van der Waals surface area contributed by atoms with Crippen molar-refractivity contribution in [1.82, 2.24) is 15.2 Å². The van der Waals surface area contributed by atoms with Crippen molar-refractivity contribution in [2.24, 2.45) is 0 Å². The number of H-pyrrole nitrogens is 1. The number of nitrogens with zero attached hydrogens (tertiary/aromatic N) is 1. The van der Waals surface area contributed by atoms with Gasteiger partial charge >= 0.3 is 6.03 Å². The van der Waals surface area contributed by atoms with E-state index in [2.05, 4.69) is 10.3 Å². The molecule has 25 heavy (non-hydrogen) atoms. The lowest BCUT2D eigenvalue weighted by atomic mass is 10.1. The van der Waals surface area contributed by atoms with Crippen LogP contribution in [-0.4, -0.2) is 53.4 Å². The number of aromatic nitrogens is 1. The molecule has 1 saturated heterocycles. The predicted molar refractivity (Wildman–Crippen MR) is 98.0 cm³/mol. The van der Waals surface area contributed by atoms with Crippen LogP contribution in [0.3, 0.4) is 0 Å². The van der Waals surface area contributed by atoms with Gasteiger partial charge in [0.2, 0.25) is 0 Å². The molecule has 3 rings (SSSR count). The summed E-state index contributed by atoms with van der Waals surface area (Å²) in [5.74, 6) is 0.844. The number of hydrogen-bond donors (Lipinski definition) is 3. The van der Waals surface area contributed by atoms with E-state index in [1.165, 1.54) is 0 Å². The van der Waals surface area contributed by atoms with Crippen molar-refractivity contribution < 1.29 is 14.6 Å². The molecule has 3 N–H and O–H groups in total. The lowest BCUT2D eigenvalue weighted by Gasteiger charge is -2.26. The number of aliphatic hydroxyl groups is 1. The van der Waals surface area contributed by atoms with Gasteiger partial charge in [-0.05, 0) is 50.3 Å². The molecule has 6 nitrogen and oxygen atoms in total. The Morgan fingerprint density at radius 2 is 2.36 bits per heavy atom. The Morgan fingerprint density at radius 1 is 1.52 bits per heavy atom. The van der Waals surface area contributed by atoms with Gasteiger partial charge in [0, 0.05) is 36.2 Å². The Labute approximate surface area is 148 Å². The maximum atomic E-state index is 12.5. The molecule has 0 bridgehead atoms. The monoisotopic (exact) mass is 345 g/mol. The first-order valence-corrected chi connectivity index (χ1v) is 8.95. The van der Waals surface area contributed by atoms with Gasteiger partial charge in [-0.25, -0.2) is 4.79 Å². The third-order valence-corrected chi connectivity index (χ3v) is 4.89. The minimum atomic E-state index is -0.378. The second kappa shape index (κ2) is 7.78. The summed E-state index contributed by atoms with van der Waals surface area (Å²) in [6.45, 7) is 3.12. The topological polar surface area (TPSA) is 77.6 Å². The number of fused-ring (bicyclic) bond motifs is 1. The lowest BCUT2D eigenvalue weighted by Crippen LogP contribution is -2.44. The highest BCUT2D eigenvalue weighted by Gasteiger charge is 2.29. The van der Waals surface area contributed by atoms with Gasteiger partial charge in [-0.2, -0.15) is 0 Å². The van der Waals surface area contributed by atoms with Crippen molar-refractivity contribution in [3.8, 4) is 5.75 Å². The maximum absolute atomic E-state index is 12.5. The summed E-state index contributed by atoms with van der Waals surface area (Å²) in [5, 5.41) is 13.7. The normalized spacial score (nSPS) is 18.5. The number of methoxy groups -OCH3 is 1. The quantitative estimate of drug-likeness (QED) is 0.753. The van der Waals surface area contributed by atoms with Crippen LogP contribution in [-0.2, 0) is 6.42 Å². The Bertz CT molecular complexity index is 726. The number of urea groups is 1. The molecule has 0 saturated carbocycles. The third-order valence-electron chi connectivity index (χ3n) is 4.89. The Morgan fingerprint density at radius 3 is 3.12 bits per heavy atom. The van der Waals surface area contributed by atoms with Crippen LogP contribution in [0.1, 0.15) is 31.7 Å². The highest BCUT2D eigenvalue weighted by Crippen LogP contribution is 2.28. The molecule has 1 aliphatic heterocycles. The summed E-state index contributed by atoms with van der Waals surface area (Å²) in [7, 11) is 1.67. The second-order valence-corrected chi connectivity index (χ2v) is 6.75. The first-order chi connectivity index (χ1) is 12.1. The number of hydrogen-bond acceptors (Lipinski definition) is 3. The van der Waals surface area contributed by atoms with Gasteiger partial charge in [-0.3, -0.25) is 0 Å². The van der Waals surface area contributed by atoms with Gasteiger partial charge in [0.1, 0.15) is 5.75 Å². The molecule has 1 aliphatic rings. The van der Waals surface area contributed by atoms with Crippen LogP contribution in [0.15, 0.2) is 24.4 Å². The highest BCUT2D eigenvalue weighted by molar-refractivity contribution is 5.89. The molecule has 1 fully saturated rings. The molecule has 6 heteroatoms. The number of amides is 2. The number of carbonyl (C=O) groups excluding carboxylic acids is 1. The number of carbonyl (C=O) groups is 1. The molecule has 2 amide bonds. The summed E-state index contributed by atoms with van der Waals surface area (Å²) >= 11 is 0. The molecule has 2 aromatic rings. The first-order valence-electron chi connectivity index (χ1n) is 8.95. The van der Waals surface area contributed by atoms with Gasteiger partial charge in [0.15, 0.2) is 0 Å². The van der Waals surface area contributed by atoms with Gasteiger partial charge in [-0.1, -0.05) is 6.07 Å². The van der Waals surface area contributed by atoms with Crippen LogP contribution in [0.2, 0.25) is 0 Å². The maximum Gasteiger partial charge on any atom is 0.317 e. The van der Waals surface area contributed by atoms with Crippen molar-refractivity contribution in [1.29, 1.82) is 0 Å².